The molecule has 1 saturated heterocycles. The highest BCUT2D eigenvalue weighted by Gasteiger charge is 2.49. The molecule has 28 heavy (non-hydrogen) atoms. The van der Waals surface area contributed by atoms with E-state index in [1.807, 2.05) is 0 Å². The number of carbonyl (C=O) groups is 4. The normalized spacial score (nSPS) is 16.5. The van der Waals surface area contributed by atoms with E-state index in [4.69, 9.17) is 16.3 Å². The van der Waals surface area contributed by atoms with Crippen molar-refractivity contribution >= 4 is 35.4 Å². The third kappa shape index (κ3) is 4.62. The Morgan fingerprint density at radius 1 is 1.25 bits per heavy atom. The van der Waals surface area contributed by atoms with Crippen LogP contribution < -0.4 is 10.6 Å². The van der Waals surface area contributed by atoms with Crippen LogP contribution >= 0.6 is 11.6 Å². The van der Waals surface area contributed by atoms with E-state index >= 15 is 0 Å². The van der Waals surface area contributed by atoms with Gasteiger partial charge in [-0.2, -0.15) is 0 Å². The maximum atomic E-state index is 12.5. The zero-order valence-electron chi connectivity index (χ0n) is 16.1. The lowest BCUT2D eigenvalue weighted by molar-refractivity contribution is -0.156. The van der Waals surface area contributed by atoms with Gasteiger partial charge in [0.2, 0.25) is 0 Å². The minimum Gasteiger partial charge on any atom is -0.451 e. The number of amides is 4. The lowest BCUT2D eigenvalue weighted by Crippen LogP contribution is -2.46. The van der Waals surface area contributed by atoms with Crippen molar-refractivity contribution in [3.8, 4) is 0 Å². The van der Waals surface area contributed by atoms with E-state index in [0.29, 0.717) is 17.9 Å². The van der Waals surface area contributed by atoms with Crippen LogP contribution in [0.25, 0.3) is 0 Å². The van der Waals surface area contributed by atoms with Gasteiger partial charge in [-0.15, -0.1) is 0 Å². The van der Waals surface area contributed by atoms with Crippen molar-refractivity contribution in [2.24, 2.45) is 0 Å². The van der Waals surface area contributed by atoms with E-state index in [1.165, 1.54) is 6.92 Å². The molecule has 1 aromatic carbocycles. The fraction of sp³-hybridized carbons (Fsp3) is 0.474. The van der Waals surface area contributed by atoms with E-state index in [9.17, 15) is 19.2 Å². The summed E-state index contributed by atoms with van der Waals surface area (Å²) in [5, 5.41) is 5.77. The molecule has 1 fully saturated rings. The lowest BCUT2D eigenvalue weighted by Gasteiger charge is -2.23. The van der Waals surface area contributed by atoms with Crippen LogP contribution in [0, 0.1) is 0 Å². The highest BCUT2D eigenvalue weighted by Crippen LogP contribution is 2.24. The van der Waals surface area contributed by atoms with Crippen LogP contribution in [0.4, 0.5) is 4.79 Å². The summed E-state index contributed by atoms with van der Waals surface area (Å²) in [6.07, 6.45) is -0.251. The lowest BCUT2D eigenvalue weighted by atomic mass is 9.93. The van der Waals surface area contributed by atoms with E-state index in [-0.39, 0.29) is 6.54 Å². The molecule has 1 aromatic rings. The second-order valence-electron chi connectivity index (χ2n) is 6.55. The van der Waals surface area contributed by atoms with Gasteiger partial charge in [-0.1, -0.05) is 43.6 Å². The van der Waals surface area contributed by atoms with Crippen molar-refractivity contribution in [2.75, 3.05) is 6.54 Å². The first-order valence-electron chi connectivity index (χ1n) is 9.08. The van der Waals surface area contributed by atoms with Crippen LogP contribution in [0.3, 0.4) is 0 Å². The minimum atomic E-state index is -1.09. The molecular weight excluding hydrogens is 386 g/mol. The second-order valence-corrected chi connectivity index (χ2v) is 6.96. The zero-order valence-corrected chi connectivity index (χ0v) is 16.8. The van der Waals surface area contributed by atoms with E-state index in [2.05, 4.69) is 10.6 Å². The number of halogens is 1. The zero-order chi connectivity index (χ0) is 20.9. The molecule has 4 amide bonds. The summed E-state index contributed by atoms with van der Waals surface area (Å²) in [7, 11) is 0. The number of hydrogen-bond donors (Lipinski definition) is 2. The molecule has 2 N–H and O–H groups in total. The molecule has 8 nitrogen and oxygen atoms in total. The Kier molecular flexibility index (Phi) is 7.01. The van der Waals surface area contributed by atoms with Gasteiger partial charge in [0.1, 0.15) is 12.1 Å². The fourth-order valence-corrected chi connectivity index (χ4v) is 3.14. The minimum absolute atomic E-state index is 0.183. The van der Waals surface area contributed by atoms with Gasteiger partial charge < -0.3 is 15.4 Å². The highest BCUT2D eigenvalue weighted by molar-refractivity contribution is 6.31. The summed E-state index contributed by atoms with van der Waals surface area (Å²) in [5.41, 5.74) is -0.263. The molecule has 9 heteroatoms. The topological polar surface area (TPSA) is 105 Å². The summed E-state index contributed by atoms with van der Waals surface area (Å²) in [6.45, 7) is 4.62. The Morgan fingerprint density at radius 3 is 2.46 bits per heavy atom. The van der Waals surface area contributed by atoms with Crippen molar-refractivity contribution < 1.29 is 23.9 Å². The first-order chi connectivity index (χ1) is 13.2. The van der Waals surface area contributed by atoms with Crippen LogP contribution in [-0.2, 0) is 25.7 Å². The molecule has 0 aliphatic carbocycles. The molecule has 0 unspecified atom stereocenters. The van der Waals surface area contributed by atoms with Crippen molar-refractivity contribution in [1.82, 2.24) is 15.5 Å². The molecule has 0 saturated carbocycles. The number of ether oxygens (including phenoxy) is 1. The quantitative estimate of drug-likeness (QED) is 0.504. The largest absolute Gasteiger partial charge is 0.451 e. The van der Waals surface area contributed by atoms with Gasteiger partial charge in [-0.25, -0.2) is 4.79 Å². The van der Waals surface area contributed by atoms with Crippen molar-refractivity contribution in [3.05, 3.63) is 34.9 Å². The first-order valence-corrected chi connectivity index (χ1v) is 9.46. The van der Waals surface area contributed by atoms with E-state index in [1.54, 1.807) is 38.1 Å². The Labute approximate surface area is 168 Å². The molecule has 0 aromatic heterocycles. The summed E-state index contributed by atoms with van der Waals surface area (Å²) in [4.78, 5) is 49.6. The monoisotopic (exact) mass is 409 g/mol. The molecular formula is C19H24ClN3O5. The number of carbonyl (C=O) groups excluding carboxylic acids is 4. The fourth-order valence-electron chi connectivity index (χ4n) is 2.93. The van der Waals surface area contributed by atoms with Crippen LogP contribution in [0.15, 0.2) is 24.3 Å². The van der Waals surface area contributed by atoms with E-state index in [0.717, 1.165) is 10.5 Å². The summed E-state index contributed by atoms with van der Waals surface area (Å²) in [5.74, 6) is -1.82. The molecule has 152 valence electrons. The van der Waals surface area contributed by atoms with Gasteiger partial charge in [0.05, 0.1) is 0 Å². The van der Waals surface area contributed by atoms with Gasteiger partial charge in [0.15, 0.2) is 6.10 Å². The van der Waals surface area contributed by atoms with Gasteiger partial charge in [-0.05, 0) is 31.4 Å². The Hall–Kier alpha value is -2.61. The average molecular weight is 410 g/mol. The first kappa shape index (κ1) is 21.7. The Morgan fingerprint density at radius 2 is 1.89 bits per heavy atom. The maximum absolute atomic E-state index is 12.5. The summed E-state index contributed by atoms with van der Waals surface area (Å²) >= 11 is 6.03. The number of urea groups is 1. The standard InChI is InChI=1S/C19H24ClN3O5/c1-4-19(5-2)17(26)23(18(27)22-19)11-15(24)28-12(3)16(25)21-10-13-8-6-7-9-14(13)20/h6-9,12H,4-5,10-11H2,1-3H3,(H,21,25)(H,22,27)/t12-/m0/s1. The highest BCUT2D eigenvalue weighted by atomic mass is 35.5. The molecule has 1 atom stereocenters. The molecule has 1 aliphatic heterocycles. The maximum Gasteiger partial charge on any atom is 0.327 e. The van der Waals surface area contributed by atoms with Crippen LogP contribution in [0.2, 0.25) is 5.02 Å². The molecule has 1 aliphatic rings. The van der Waals surface area contributed by atoms with Gasteiger partial charge in [-0.3, -0.25) is 19.3 Å². The number of imide groups is 1. The van der Waals surface area contributed by atoms with Crippen molar-refractivity contribution in [2.45, 2.75) is 51.8 Å². The predicted octanol–water partition coefficient (Wildman–Crippen LogP) is 2.00. The van der Waals surface area contributed by atoms with Gasteiger partial charge >= 0.3 is 12.0 Å². The molecule has 2 rings (SSSR count). The van der Waals surface area contributed by atoms with Crippen molar-refractivity contribution in [1.29, 1.82) is 0 Å². The number of nitrogens with one attached hydrogen (secondary N) is 2. The number of rotatable bonds is 8. The summed E-state index contributed by atoms with van der Waals surface area (Å²) in [6, 6.07) is 6.41. The number of nitrogens with zero attached hydrogens (tertiary/aromatic N) is 1. The van der Waals surface area contributed by atoms with Gasteiger partial charge in [0, 0.05) is 11.6 Å². The number of benzene rings is 1. The number of hydrogen-bond acceptors (Lipinski definition) is 5. The summed E-state index contributed by atoms with van der Waals surface area (Å²) < 4.78 is 5.07. The van der Waals surface area contributed by atoms with Crippen LogP contribution in [0.1, 0.15) is 39.2 Å². The Balaban J connectivity index is 1.88. The molecule has 0 spiro atoms. The Bertz CT molecular complexity index is 779. The van der Waals surface area contributed by atoms with Crippen molar-refractivity contribution in [3.63, 3.8) is 0 Å². The van der Waals surface area contributed by atoms with Gasteiger partial charge in [0.25, 0.3) is 11.8 Å². The predicted molar refractivity (Wildman–Crippen MR) is 102 cm³/mol. The average Bonchev–Trinajstić information content (AvgIpc) is 2.91. The smallest absolute Gasteiger partial charge is 0.327 e. The number of esters is 1. The third-order valence-electron chi connectivity index (χ3n) is 4.83. The van der Waals surface area contributed by atoms with E-state index < -0.39 is 42.0 Å². The molecule has 0 radical (unpaired) electrons. The second kappa shape index (κ2) is 9.05. The third-order valence-corrected chi connectivity index (χ3v) is 5.20. The van der Waals surface area contributed by atoms with Crippen LogP contribution in [0.5, 0.6) is 0 Å². The molecule has 1 heterocycles. The SMILES string of the molecule is CCC1(CC)NC(=O)N(CC(=O)O[C@@H](C)C(=O)NCc2ccccc2Cl)C1=O. The van der Waals surface area contributed by atoms with Crippen LogP contribution in [-0.4, -0.2) is 46.9 Å². The molecule has 0 bridgehead atoms.